The number of ether oxygens (including phenoxy) is 2. The smallest absolute Gasteiger partial charge is 0.303 e. The Bertz CT molecular complexity index is 1160. The molecule has 0 unspecified atom stereocenters. The Kier molecular flexibility index (Phi) is 11.0. The van der Waals surface area contributed by atoms with Crippen LogP contribution < -0.4 is 4.74 Å². The third-order valence-corrected chi connectivity index (χ3v) is 6.86. The minimum Gasteiger partial charge on any atom is -0.493 e. The molecule has 208 valence electrons. The number of carbonyl (C=O) groups excluding carboxylic acids is 1. The number of hydrogen-bond acceptors (Lipinski definition) is 6. The topological polar surface area (TPSA) is 92.5 Å². The molecule has 1 saturated heterocycles. The number of para-hydroxylation sites is 1. The third kappa shape index (κ3) is 8.97. The minimum absolute atomic E-state index is 0.0218. The van der Waals surface area contributed by atoms with E-state index >= 15 is 0 Å². The first-order chi connectivity index (χ1) is 19.1. The molecule has 1 amide bonds. The molecule has 4 rings (SSSR count). The van der Waals surface area contributed by atoms with E-state index in [0.29, 0.717) is 31.7 Å². The maximum Gasteiger partial charge on any atom is 0.303 e. The molecule has 0 saturated carbocycles. The normalized spacial score (nSPS) is 13.7. The predicted octanol–water partition coefficient (Wildman–Crippen LogP) is 5.34. The van der Waals surface area contributed by atoms with E-state index in [1.54, 1.807) is 6.26 Å². The first-order valence-electron chi connectivity index (χ1n) is 13.8. The fourth-order valence-corrected chi connectivity index (χ4v) is 4.68. The second kappa shape index (κ2) is 15.1. The number of carboxylic acids is 1. The van der Waals surface area contributed by atoms with Crippen LogP contribution in [0, 0.1) is 0 Å². The number of amides is 1. The summed E-state index contributed by atoms with van der Waals surface area (Å²) in [5.74, 6) is 0.738. The molecule has 2 heterocycles. The molecule has 0 bridgehead atoms. The van der Waals surface area contributed by atoms with Crippen LogP contribution in [-0.4, -0.2) is 72.8 Å². The van der Waals surface area contributed by atoms with Crippen molar-refractivity contribution < 1.29 is 28.6 Å². The Morgan fingerprint density at radius 1 is 0.923 bits per heavy atom. The van der Waals surface area contributed by atoms with Gasteiger partial charge in [-0.2, -0.15) is 0 Å². The SMILES string of the molecule is O=C(O)CCCCCOc1ccccc1CN(CCCN1CCOCC1)C(=O)c1ccc(-c2ccco2)cc1. The van der Waals surface area contributed by atoms with Crippen LogP contribution in [0.25, 0.3) is 11.3 Å². The van der Waals surface area contributed by atoms with Crippen LogP contribution in [0.2, 0.25) is 0 Å². The van der Waals surface area contributed by atoms with E-state index in [0.717, 1.165) is 74.7 Å². The van der Waals surface area contributed by atoms with Gasteiger partial charge in [0, 0.05) is 55.8 Å². The Morgan fingerprint density at radius 3 is 2.46 bits per heavy atom. The number of hydrogen-bond donors (Lipinski definition) is 1. The highest BCUT2D eigenvalue weighted by Crippen LogP contribution is 2.24. The van der Waals surface area contributed by atoms with E-state index in [-0.39, 0.29) is 12.3 Å². The van der Waals surface area contributed by atoms with Crippen molar-refractivity contribution in [2.75, 3.05) is 46.0 Å². The quantitative estimate of drug-likeness (QED) is 0.263. The Balaban J connectivity index is 1.41. The van der Waals surface area contributed by atoms with Crippen molar-refractivity contribution in [1.29, 1.82) is 0 Å². The summed E-state index contributed by atoms with van der Waals surface area (Å²) in [5.41, 5.74) is 2.51. The first kappa shape index (κ1) is 28.4. The van der Waals surface area contributed by atoms with Gasteiger partial charge in [-0.3, -0.25) is 14.5 Å². The monoisotopic (exact) mass is 534 g/mol. The third-order valence-electron chi connectivity index (χ3n) is 6.86. The number of aliphatic carboxylic acids is 1. The zero-order valence-corrected chi connectivity index (χ0v) is 22.4. The largest absolute Gasteiger partial charge is 0.493 e. The van der Waals surface area contributed by atoms with Crippen LogP contribution in [0.3, 0.4) is 0 Å². The Morgan fingerprint density at radius 2 is 1.72 bits per heavy atom. The van der Waals surface area contributed by atoms with Crippen molar-refractivity contribution in [3.63, 3.8) is 0 Å². The molecule has 0 spiro atoms. The second-order valence-corrected chi connectivity index (χ2v) is 9.75. The van der Waals surface area contributed by atoms with Gasteiger partial charge in [0.1, 0.15) is 11.5 Å². The van der Waals surface area contributed by atoms with Gasteiger partial charge >= 0.3 is 5.97 Å². The van der Waals surface area contributed by atoms with Gasteiger partial charge in [-0.05, 0) is 56.0 Å². The summed E-state index contributed by atoms with van der Waals surface area (Å²) in [5, 5.41) is 8.81. The first-order valence-corrected chi connectivity index (χ1v) is 13.8. The molecule has 0 atom stereocenters. The number of nitrogens with zero attached hydrogens (tertiary/aromatic N) is 2. The number of furan rings is 1. The number of morpholine rings is 1. The Hall–Kier alpha value is -3.62. The summed E-state index contributed by atoms with van der Waals surface area (Å²) in [6, 6.07) is 19.1. The van der Waals surface area contributed by atoms with Crippen LogP contribution in [-0.2, 0) is 16.1 Å². The van der Waals surface area contributed by atoms with Crippen LogP contribution in [0.5, 0.6) is 5.75 Å². The number of carboxylic acid groups (broad SMARTS) is 1. The molecule has 0 radical (unpaired) electrons. The number of benzene rings is 2. The van der Waals surface area contributed by atoms with Crippen molar-refractivity contribution in [3.8, 4) is 17.1 Å². The summed E-state index contributed by atoms with van der Waals surface area (Å²) in [6.07, 6.45) is 4.91. The van der Waals surface area contributed by atoms with E-state index in [1.807, 2.05) is 65.6 Å². The lowest BCUT2D eigenvalue weighted by molar-refractivity contribution is -0.137. The zero-order valence-electron chi connectivity index (χ0n) is 22.4. The Labute approximate surface area is 230 Å². The fraction of sp³-hybridized carbons (Fsp3) is 0.419. The average molecular weight is 535 g/mol. The lowest BCUT2D eigenvalue weighted by Crippen LogP contribution is -2.39. The molecule has 1 aliphatic rings. The number of rotatable bonds is 15. The summed E-state index contributed by atoms with van der Waals surface area (Å²) in [4.78, 5) is 28.7. The van der Waals surface area contributed by atoms with Gasteiger partial charge in [-0.15, -0.1) is 0 Å². The van der Waals surface area contributed by atoms with Crippen LogP contribution in [0.15, 0.2) is 71.3 Å². The van der Waals surface area contributed by atoms with Gasteiger partial charge in [-0.1, -0.05) is 30.3 Å². The molecular formula is C31H38N2O6. The standard InChI is InChI=1S/C31H38N2O6/c34-30(35)11-2-1-5-20-38-29-9-4-3-8-27(29)24-33(17-7-16-32-18-22-37-23-19-32)31(36)26-14-12-25(13-15-26)28-10-6-21-39-28/h3-4,6,8-10,12-15,21H,1-2,5,7,11,16-20,22-24H2,(H,34,35). The summed E-state index contributed by atoms with van der Waals surface area (Å²) < 4.78 is 17.0. The van der Waals surface area contributed by atoms with Crippen molar-refractivity contribution in [3.05, 3.63) is 78.1 Å². The lowest BCUT2D eigenvalue weighted by atomic mass is 10.1. The highest BCUT2D eigenvalue weighted by molar-refractivity contribution is 5.94. The van der Waals surface area contributed by atoms with Gasteiger partial charge in [0.2, 0.25) is 0 Å². The molecule has 8 nitrogen and oxygen atoms in total. The molecule has 0 aliphatic carbocycles. The van der Waals surface area contributed by atoms with Crippen LogP contribution >= 0.6 is 0 Å². The van der Waals surface area contributed by atoms with E-state index in [2.05, 4.69) is 4.90 Å². The van der Waals surface area contributed by atoms with Crippen LogP contribution in [0.1, 0.15) is 48.0 Å². The summed E-state index contributed by atoms with van der Waals surface area (Å²) in [7, 11) is 0. The van der Waals surface area contributed by atoms with Gasteiger partial charge in [0.05, 0.1) is 26.1 Å². The van der Waals surface area contributed by atoms with Crippen LogP contribution in [0.4, 0.5) is 0 Å². The molecule has 1 fully saturated rings. The number of carbonyl (C=O) groups is 2. The van der Waals surface area contributed by atoms with E-state index in [4.69, 9.17) is 19.0 Å². The van der Waals surface area contributed by atoms with E-state index in [1.165, 1.54) is 0 Å². The zero-order chi connectivity index (χ0) is 27.3. The van der Waals surface area contributed by atoms with E-state index in [9.17, 15) is 9.59 Å². The van der Waals surface area contributed by atoms with Gasteiger partial charge in [0.25, 0.3) is 5.91 Å². The second-order valence-electron chi connectivity index (χ2n) is 9.75. The van der Waals surface area contributed by atoms with Gasteiger partial charge in [0.15, 0.2) is 0 Å². The highest BCUT2D eigenvalue weighted by atomic mass is 16.5. The predicted molar refractivity (Wildman–Crippen MR) is 149 cm³/mol. The molecule has 3 aromatic rings. The molecular weight excluding hydrogens is 496 g/mol. The van der Waals surface area contributed by atoms with Gasteiger partial charge in [-0.25, -0.2) is 0 Å². The fourth-order valence-electron chi connectivity index (χ4n) is 4.68. The minimum atomic E-state index is -0.768. The molecule has 2 aromatic carbocycles. The molecule has 1 aliphatic heterocycles. The molecule has 1 N–H and O–H groups in total. The van der Waals surface area contributed by atoms with Crippen molar-refractivity contribution in [1.82, 2.24) is 9.80 Å². The van der Waals surface area contributed by atoms with Crippen molar-refractivity contribution >= 4 is 11.9 Å². The lowest BCUT2D eigenvalue weighted by Gasteiger charge is -2.29. The molecule has 39 heavy (non-hydrogen) atoms. The molecule has 8 heteroatoms. The number of unbranched alkanes of at least 4 members (excludes halogenated alkanes) is 2. The molecule has 1 aromatic heterocycles. The van der Waals surface area contributed by atoms with Gasteiger partial charge < -0.3 is 23.9 Å². The summed E-state index contributed by atoms with van der Waals surface area (Å²) >= 11 is 0. The van der Waals surface area contributed by atoms with Crippen molar-refractivity contribution in [2.45, 2.75) is 38.6 Å². The average Bonchev–Trinajstić information content (AvgIpc) is 3.50. The summed E-state index contributed by atoms with van der Waals surface area (Å²) in [6.45, 7) is 5.85. The van der Waals surface area contributed by atoms with E-state index < -0.39 is 5.97 Å². The highest BCUT2D eigenvalue weighted by Gasteiger charge is 2.19. The maximum atomic E-state index is 13.7. The maximum absolute atomic E-state index is 13.7. The van der Waals surface area contributed by atoms with Crippen molar-refractivity contribution in [2.24, 2.45) is 0 Å².